The van der Waals surface area contributed by atoms with E-state index in [1.165, 1.54) is 40.1 Å². The van der Waals surface area contributed by atoms with Gasteiger partial charge in [-0.2, -0.15) is 0 Å². The lowest BCUT2D eigenvalue weighted by Crippen LogP contribution is -2.41. The molecule has 0 amide bonds. The lowest BCUT2D eigenvalue weighted by molar-refractivity contribution is 0.542. The lowest BCUT2D eigenvalue weighted by atomic mass is 9.80. The SMILES string of the molecule is CC1=CC=C(c2ccc3c(c2)C2C=CC=CC2(C)N3c2ccccc2)CC1. The summed E-state index contributed by atoms with van der Waals surface area (Å²) < 4.78 is 0. The van der Waals surface area contributed by atoms with E-state index in [0.29, 0.717) is 5.92 Å². The van der Waals surface area contributed by atoms with Crippen LogP contribution in [0.1, 0.15) is 43.7 Å². The number of hydrogen-bond donors (Lipinski definition) is 0. The quantitative estimate of drug-likeness (QED) is 0.567. The second-order valence-corrected chi connectivity index (χ2v) is 8.10. The Balaban J connectivity index is 1.66. The molecule has 0 saturated carbocycles. The van der Waals surface area contributed by atoms with Gasteiger partial charge in [0.25, 0.3) is 0 Å². The van der Waals surface area contributed by atoms with Crippen molar-refractivity contribution in [3.05, 3.63) is 102 Å². The van der Waals surface area contributed by atoms with Crippen molar-refractivity contribution in [2.45, 2.75) is 38.1 Å². The van der Waals surface area contributed by atoms with Gasteiger partial charge in [-0.15, -0.1) is 0 Å². The van der Waals surface area contributed by atoms with Crippen LogP contribution in [0.2, 0.25) is 0 Å². The van der Waals surface area contributed by atoms with Gasteiger partial charge in [-0.25, -0.2) is 0 Å². The molecular formula is C26H25N. The molecule has 0 radical (unpaired) electrons. The van der Waals surface area contributed by atoms with Crippen molar-refractivity contribution in [2.24, 2.45) is 0 Å². The number of rotatable bonds is 2. The summed E-state index contributed by atoms with van der Waals surface area (Å²) >= 11 is 0. The van der Waals surface area contributed by atoms with E-state index in [-0.39, 0.29) is 5.54 Å². The Bertz CT molecular complexity index is 1010. The van der Waals surface area contributed by atoms with Gasteiger partial charge in [0.05, 0.1) is 5.54 Å². The normalized spacial score (nSPS) is 25.7. The number of anilines is 2. The third-order valence-corrected chi connectivity index (χ3v) is 6.31. The third kappa shape index (κ3) is 2.53. The maximum Gasteiger partial charge on any atom is 0.0712 e. The molecule has 2 aromatic rings. The first-order chi connectivity index (χ1) is 13.2. The Labute approximate surface area is 162 Å². The number of hydrogen-bond acceptors (Lipinski definition) is 1. The van der Waals surface area contributed by atoms with E-state index in [1.807, 2.05) is 0 Å². The van der Waals surface area contributed by atoms with Crippen LogP contribution in [0.5, 0.6) is 0 Å². The van der Waals surface area contributed by atoms with Crippen molar-refractivity contribution in [1.29, 1.82) is 0 Å². The molecule has 27 heavy (non-hydrogen) atoms. The molecule has 0 spiro atoms. The molecule has 3 aliphatic rings. The van der Waals surface area contributed by atoms with E-state index >= 15 is 0 Å². The fourth-order valence-electron chi connectivity index (χ4n) is 4.80. The predicted molar refractivity (Wildman–Crippen MR) is 115 cm³/mol. The summed E-state index contributed by atoms with van der Waals surface area (Å²) in [6.07, 6.45) is 16.0. The molecule has 0 N–H and O–H groups in total. The van der Waals surface area contributed by atoms with Crippen LogP contribution >= 0.6 is 0 Å². The molecule has 1 nitrogen and oxygen atoms in total. The topological polar surface area (TPSA) is 3.24 Å². The molecule has 2 aromatic carbocycles. The second-order valence-electron chi connectivity index (χ2n) is 8.10. The zero-order chi connectivity index (χ0) is 18.4. The number of nitrogens with zero attached hydrogens (tertiary/aromatic N) is 1. The number of fused-ring (bicyclic) bond motifs is 3. The van der Waals surface area contributed by atoms with Crippen LogP contribution in [0.25, 0.3) is 5.57 Å². The molecule has 2 atom stereocenters. The first-order valence-electron chi connectivity index (χ1n) is 9.89. The summed E-state index contributed by atoms with van der Waals surface area (Å²) in [6.45, 7) is 4.58. The average molecular weight is 351 g/mol. The molecule has 1 heterocycles. The largest absolute Gasteiger partial charge is 0.331 e. The van der Waals surface area contributed by atoms with Crippen molar-refractivity contribution in [3.63, 3.8) is 0 Å². The van der Waals surface area contributed by atoms with Crippen LogP contribution in [0, 0.1) is 0 Å². The molecule has 2 unspecified atom stereocenters. The highest BCUT2D eigenvalue weighted by Gasteiger charge is 2.46. The van der Waals surface area contributed by atoms with Gasteiger partial charge in [0.2, 0.25) is 0 Å². The molecule has 0 aromatic heterocycles. The Morgan fingerprint density at radius 1 is 0.963 bits per heavy atom. The lowest BCUT2D eigenvalue weighted by Gasteiger charge is -2.39. The smallest absolute Gasteiger partial charge is 0.0712 e. The fourth-order valence-corrected chi connectivity index (χ4v) is 4.80. The molecule has 134 valence electrons. The summed E-state index contributed by atoms with van der Waals surface area (Å²) in [7, 11) is 0. The molecular weight excluding hydrogens is 326 g/mol. The highest BCUT2D eigenvalue weighted by Crippen LogP contribution is 2.54. The zero-order valence-electron chi connectivity index (χ0n) is 16.0. The van der Waals surface area contributed by atoms with Gasteiger partial charge in [0.15, 0.2) is 0 Å². The number of benzene rings is 2. The van der Waals surface area contributed by atoms with Crippen LogP contribution in [0.4, 0.5) is 11.4 Å². The molecule has 1 aliphatic heterocycles. The minimum atomic E-state index is -0.0610. The Morgan fingerprint density at radius 2 is 1.81 bits per heavy atom. The van der Waals surface area contributed by atoms with Crippen LogP contribution < -0.4 is 4.90 Å². The van der Waals surface area contributed by atoms with Gasteiger partial charge in [0.1, 0.15) is 0 Å². The van der Waals surface area contributed by atoms with Crippen molar-refractivity contribution in [1.82, 2.24) is 0 Å². The highest BCUT2D eigenvalue weighted by atomic mass is 15.2. The summed E-state index contributed by atoms with van der Waals surface area (Å²) in [4.78, 5) is 2.51. The molecule has 1 heteroatoms. The fraction of sp³-hybridized carbons (Fsp3) is 0.231. The summed E-state index contributed by atoms with van der Waals surface area (Å²) in [5.41, 5.74) is 8.27. The van der Waals surface area contributed by atoms with E-state index in [1.54, 1.807) is 0 Å². The van der Waals surface area contributed by atoms with E-state index in [4.69, 9.17) is 0 Å². The summed E-state index contributed by atoms with van der Waals surface area (Å²) in [5, 5.41) is 0. The number of allylic oxidation sites excluding steroid dienone is 6. The maximum atomic E-state index is 2.51. The van der Waals surface area contributed by atoms with E-state index in [9.17, 15) is 0 Å². The summed E-state index contributed by atoms with van der Waals surface area (Å²) in [5.74, 6) is 0.374. The molecule has 2 aliphatic carbocycles. The van der Waals surface area contributed by atoms with Gasteiger partial charge in [-0.1, -0.05) is 66.3 Å². The monoisotopic (exact) mass is 351 g/mol. The third-order valence-electron chi connectivity index (χ3n) is 6.31. The average Bonchev–Trinajstić information content (AvgIpc) is 2.97. The molecule has 0 bridgehead atoms. The standard InChI is InChI=1S/C26H25N/c1-19-11-13-20(14-12-19)21-15-16-25-23(18-21)24-10-6-7-17-26(24,2)27(25)22-8-4-3-5-9-22/h3-11,13,15-18,24H,12,14H2,1-2H3. The van der Waals surface area contributed by atoms with Gasteiger partial charge in [-0.3, -0.25) is 0 Å². The van der Waals surface area contributed by atoms with Crippen LogP contribution in [-0.4, -0.2) is 5.54 Å². The Kier molecular flexibility index (Phi) is 3.72. The first kappa shape index (κ1) is 16.4. The van der Waals surface area contributed by atoms with E-state index in [2.05, 4.69) is 104 Å². The van der Waals surface area contributed by atoms with Gasteiger partial charge in [0, 0.05) is 17.3 Å². The van der Waals surface area contributed by atoms with Crippen molar-refractivity contribution in [3.8, 4) is 0 Å². The maximum absolute atomic E-state index is 2.51. The first-order valence-corrected chi connectivity index (χ1v) is 9.89. The van der Waals surface area contributed by atoms with E-state index in [0.717, 1.165) is 6.42 Å². The van der Waals surface area contributed by atoms with Gasteiger partial charge >= 0.3 is 0 Å². The highest BCUT2D eigenvalue weighted by molar-refractivity contribution is 5.80. The van der Waals surface area contributed by atoms with Gasteiger partial charge < -0.3 is 4.90 Å². The summed E-state index contributed by atoms with van der Waals surface area (Å²) in [6, 6.07) is 17.9. The minimum absolute atomic E-state index is 0.0610. The molecule has 5 rings (SSSR count). The van der Waals surface area contributed by atoms with Crippen molar-refractivity contribution >= 4 is 16.9 Å². The van der Waals surface area contributed by atoms with Crippen LogP contribution in [0.15, 0.2) is 90.6 Å². The Hall–Kier alpha value is -2.80. The number of para-hydroxylation sites is 1. The van der Waals surface area contributed by atoms with Crippen LogP contribution in [-0.2, 0) is 0 Å². The van der Waals surface area contributed by atoms with E-state index < -0.39 is 0 Å². The van der Waals surface area contributed by atoms with Crippen LogP contribution in [0.3, 0.4) is 0 Å². The van der Waals surface area contributed by atoms with Crippen molar-refractivity contribution in [2.75, 3.05) is 4.90 Å². The molecule has 0 saturated heterocycles. The molecule has 0 fully saturated rings. The van der Waals surface area contributed by atoms with Gasteiger partial charge in [-0.05, 0) is 67.7 Å². The zero-order valence-corrected chi connectivity index (χ0v) is 16.0. The minimum Gasteiger partial charge on any atom is -0.331 e. The Morgan fingerprint density at radius 3 is 2.59 bits per heavy atom. The second kappa shape index (κ2) is 6.13. The predicted octanol–water partition coefficient (Wildman–Crippen LogP) is 6.93. The van der Waals surface area contributed by atoms with Crippen molar-refractivity contribution < 1.29 is 0 Å².